The van der Waals surface area contributed by atoms with E-state index < -0.39 is 0 Å². The first-order valence-corrected chi connectivity index (χ1v) is 12.4. The molecule has 0 N–H and O–H groups in total. The summed E-state index contributed by atoms with van der Waals surface area (Å²) in [4.78, 5) is 0. The zero-order valence-corrected chi connectivity index (χ0v) is 16.6. The highest BCUT2D eigenvalue weighted by molar-refractivity contribution is 7.58. The average Bonchev–Trinajstić information content (AvgIpc) is 3.06. The number of rotatable bonds is 15. The average molecular weight is 327 g/mol. The van der Waals surface area contributed by atoms with Gasteiger partial charge in [0.1, 0.15) is 0 Å². The van der Waals surface area contributed by atoms with Gasteiger partial charge in [-0.15, -0.1) is 7.92 Å². The predicted octanol–water partition coefficient (Wildman–Crippen LogP) is 8.13. The molecule has 0 bridgehead atoms. The first-order chi connectivity index (χ1) is 10.9. The Labute approximate surface area is 143 Å². The molecule has 0 aromatic heterocycles. The maximum absolute atomic E-state index is 2.32. The van der Waals surface area contributed by atoms with Gasteiger partial charge >= 0.3 is 0 Å². The molecular formula is C21H43P. The Morgan fingerprint density at radius 2 is 1.00 bits per heavy atom. The van der Waals surface area contributed by atoms with Crippen LogP contribution >= 0.6 is 7.92 Å². The van der Waals surface area contributed by atoms with Crippen LogP contribution in [-0.4, -0.2) is 18.0 Å². The van der Waals surface area contributed by atoms with E-state index >= 15 is 0 Å². The van der Waals surface area contributed by atoms with Gasteiger partial charge in [0.05, 0.1) is 0 Å². The van der Waals surface area contributed by atoms with E-state index in [4.69, 9.17) is 0 Å². The minimum atomic E-state index is 0.389. The SMILES string of the molecule is CCCCCCCCP(CCCCCCCC)C1CCCC1. The van der Waals surface area contributed by atoms with E-state index in [9.17, 15) is 0 Å². The summed E-state index contributed by atoms with van der Waals surface area (Å²) in [6.45, 7) is 4.64. The van der Waals surface area contributed by atoms with E-state index in [2.05, 4.69) is 13.8 Å². The molecule has 0 radical (unpaired) electrons. The first-order valence-electron chi connectivity index (χ1n) is 10.6. The third-order valence-electron chi connectivity index (χ3n) is 5.44. The van der Waals surface area contributed by atoms with Crippen LogP contribution in [0.2, 0.25) is 0 Å². The minimum Gasteiger partial charge on any atom is -0.104 e. The van der Waals surface area contributed by atoms with Crippen LogP contribution in [0.1, 0.15) is 117 Å². The van der Waals surface area contributed by atoms with Crippen LogP contribution < -0.4 is 0 Å². The minimum absolute atomic E-state index is 0.389. The van der Waals surface area contributed by atoms with Gasteiger partial charge in [-0.25, -0.2) is 0 Å². The van der Waals surface area contributed by atoms with Crippen molar-refractivity contribution >= 4 is 7.92 Å². The molecule has 0 saturated heterocycles. The molecule has 0 heterocycles. The molecular weight excluding hydrogens is 283 g/mol. The molecule has 0 aromatic carbocycles. The van der Waals surface area contributed by atoms with Gasteiger partial charge in [-0.05, 0) is 43.7 Å². The molecule has 1 aliphatic carbocycles. The maximum atomic E-state index is 2.32. The molecule has 1 fully saturated rings. The number of hydrogen-bond donors (Lipinski definition) is 0. The Kier molecular flexibility index (Phi) is 13.9. The Balaban J connectivity index is 2.10. The summed E-state index contributed by atoms with van der Waals surface area (Å²) in [7, 11) is 0.389. The van der Waals surface area contributed by atoms with Gasteiger partial charge in [0.2, 0.25) is 0 Å². The molecule has 1 heteroatoms. The highest BCUT2D eigenvalue weighted by Crippen LogP contribution is 2.50. The van der Waals surface area contributed by atoms with E-state index in [1.165, 1.54) is 82.7 Å². The Morgan fingerprint density at radius 1 is 0.591 bits per heavy atom. The molecule has 0 aromatic rings. The molecule has 22 heavy (non-hydrogen) atoms. The quantitative estimate of drug-likeness (QED) is 0.210. The summed E-state index contributed by atoms with van der Waals surface area (Å²) in [5.74, 6) is 0. The zero-order valence-electron chi connectivity index (χ0n) is 15.8. The molecule has 1 rings (SSSR count). The second-order valence-corrected chi connectivity index (χ2v) is 10.3. The van der Waals surface area contributed by atoms with Crippen LogP contribution in [0.4, 0.5) is 0 Å². The lowest BCUT2D eigenvalue weighted by Crippen LogP contribution is -2.05. The van der Waals surface area contributed by atoms with E-state index in [1.807, 2.05) is 0 Å². The lowest BCUT2D eigenvalue weighted by molar-refractivity contribution is 0.620. The van der Waals surface area contributed by atoms with Gasteiger partial charge in [0, 0.05) is 0 Å². The van der Waals surface area contributed by atoms with Crippen molar-refractivity contribution in [2.24, 2.45) is 0 Å². The van der Waals surface area contributed by atoms with Gasteiger partial charge < -0.3 is 0 Å². The van der Waals surface area contributed by atoms with Crippen LogP contribution in [0.25, 0.3) is 0 Å². The molecule has 1 saturated carbocycles. The number of hydrogen-bond acceptors (Lipinski definition) is 0. The van der Waals surface area contributed by atoms with Crippen molar-refractivity contribution in [3.8, 4) is 0 Å². The zero-order chi connectivity index (χ0) is 15.9. The van der Waals surface area contributed by atoms with Crippen molar-refractivity contribution in [3.05, 3.63) is 0 Å². The lowest BCUT2D eigenvalue weighted by Gasteiger charge is -2.24. The van der Waals surface area contributed by atoms with Gasteiger partial charge in [-0.2, -0.15) is 0 Å². The molecule has 0 unspecified atom stereocenters. The summed E-state index contributed by atoms with van der Waals surface area (Å²) in [5, 5.41) is 0. The summed E-state index contributed by atoms with van der Waals surface area (Å²) in [5.41, 5.74) is 1.17. The first kappa shape index (κ1) is 20.5. The second kappa shape index (κ2) is 15.0. The summed E-state index contributed by atoms with van der Waals surface area (Å²) >= 11 is 0. The molecule has 0 spiro atoms. The fourth-order valence-corrected chi connectivity index (χ4v) is 7.25. The number of unbranched alkanes of at least 4 members (excludes halogenated alkanes) is 10. The monoisotopic (exact) mass is 326 g/mol. The van der Waals surface area contributed by atoms with Crippen molar-refractivity contribution < 1.29 is 0 Å². The second-order valence-electron chi connectivity index (χ2n) is 7.51. The topological polar surface area (TPSA) is 0 Å². The van der Waals surface area contributed by atoms with Gasteiger partial charge in [-0.3, -0.25) is 0 Å². The third kappa shape index (κ3) is 10.3. The highest BCUT2D eigenvalue weighted by atomic mass is 31.1. The van der Waals surface area contributed by atoms with Crippen LogP contribution in [0.15, 0.2) is 0 Å². The molecule has 132 valence electrons. The van der Waals surface area contributed by atoms with Crippen molar-refractivity contribution in [2.45, 2.75) is 122 Å². The van der Waals surface area contributed by atoms with Crippen LogP contribution in [0, 0.1) is 0 Å². The Morgan fingerprint density at radius 3 is 1.45 bits per heavy atom. The van der Waals surface area contributed by atoms with Gasteiger partial charge in [0.25, 0.3) is 0 Å². The Bertz CT molecular complexity index is 204. The standard InChI is InChI=1S/C21H43P/c1-3-5-7-9-11-15-19-22(21-17-13-14-18-21)20-16-12-10-8-6-4-2/h21H,3-20H2,1-2H3. The van der Waals surface area contributed by atoms with E-state index in [0.717, 1.165) is 0 Å². The molecule has 0 atom stereocenters. The van der Waals surface area contributed by atoms with Crippen molar-refractivity contribution in [2.75, 3.05) is 12.3 Å². The third-order valence-corrected chi connectivity index (χ3v) is 8.77. The fourth-order valence-electron chi connectivity index (χ4n) is 3.94. The van der Waals surface area contributed by atoms with Gasteiger partial charge in [0.15, 0.2) is 0 Å². The van der Waals surface area contributed by atoms with Crippen molar-refractivity contribution in [3.63, 3.8) is 0 Å². The Hall–Kier alpha value is 0.430. The largest absolute Gasteiger partial charge is 0.104 e. The molecule has 0 aliphatic heterocycles. The fraction of sp³-hybridized carbons (Fsp3) is 1.00. The normalized spacial score (nSPS) is 16.0. The van der Waals surface area contributed by atoms with E-state index in [-0.39, 0.29) is 0 Å². The molecule has 1 aliphatic rings. The van der Waals surface area contributed by atoms with Crippen LogP contribution in [0.5, 0.6) is 0 Å². The molecule has 0 nitrogen and oxygen atoms in total. The maximum Gasteiger partial charge on any atom is -0.0209 e. The highest BCUT2D eigenvalue weighted by Gasteiger charge is 2.23. The smallest absolute Gasteiger partial charge is 0.0209 e. The summed E-state index contributed by atoms with van der Waals surface area (Å²) < 4.78 is 0. The molecule has 0 amide bonds. The predicted molar refractivity (Wildman–Crippen MR) is 106 cm³/mol. The van der Waals surface area contributed by atoms with Crippen LogP contribution in [0.3, 0.4) is 0 Å². The summed E-state index contributed by atoms with van der Waals surface area (Å²) in [6.07, 6.45) is 27.2. The van der Waals surface area contributed by atoms with Crippen molar-refractivity contribution in [1.82, 2.24) is 0 Å². The lowest BCUT2D eigenvalue weighted by atomic mass is 10.1. The van der Waals surface area contributed by atoms with Crippen molar-refractivity contribution in [1.29, 1.82) is 0 Å². The van der Waals surface area contributed by atoms with E-state index in [1.54, 1.807) is 38.0 Å². The summed E-state index contributed by atoms with van der Waals surface area (Å²) in [6, 6.07) is 0. The van der Waals surface area contributed by atoms with Crippen LogP contribution in [-0.2, 0) is 0 Å². The van der Waals surface area contributed by atoms with Gasteiger partial charge in [-0.1, -0.05) is 90.9 Å². The van der Waals surface area contributed by atoms with E-state index in [0.29, 0.717) is 7.92 Å².